The molecule has 6 heteroatoms. The summed E-state index contributed by atoms with van der Waals surface area (Å²) < 4.78 is 5.87. The van der Waals surface area contributed by atoms with Gasteiger partial charge in [-0.15, -0.1) is 0 Å². The fraction of sp³-hybridized carbons (Fsp3) is 0.867. The summed E-state index contributed by atoms with van der Waals surface area (Å²) in [6, 6.07) is -1.25. The Labute approximate surface area is 126 Å². The standard InChI is InChI=1S/C15H28N2O4/c1-5-15(6-2)9-11(7-8-21-15)16-14(20)17-12(10(3)4)13(18)19/h10-12H,5-9H2,1-4H3,(H,18,19)(H2,16,17,20). The number of amides is 2. The highest BCUT2D eigenvalue weighted by atomic mass is 16.5. The van der Waals surface area contributed by atoms with E-state index < -0.39 is 18.0 Å². The number of carbonyl (C=O) groups is 2. The van der Waals surface area contributed by atoms with Crippen LogP contribution in [0.1, 0.15) is 53.4 Å². The van der Waals surface area contributed by atoms with Gasteiger partial charge in [-0.3, -0.25) is 0 Å². The van der Waals surface area contributed by atoms with E-state index in [1.54, 1.807) is 13.8 Å². The number of hydrogen-bond acceptors (Lipinski definition) is 3. The summed E-state index contributed by atoms with van der Waals surface area (Å²) >= 11 is 0. The third-order valence-electron chi connectivity index (χ3n) is 4.34. The van der Waals surface area contributed by atoms with Crippen molar-refractivity contribution in [3.63, 3.8) is 0 Å². The molecule has 1 rings (SSSR count). The lowest BCUT2D eigenvalue weighted by Gasteiger charge is -2.40. The lowest BCUT2D eigenvalue weighted by molar-refractivity contribution is -0.140. The molecular weight excluding hydrogens is 272 g/mol. The average Bonchev–Trinajstić information content (AvgIpc) is 2.44. The molecule has 2 atom stereocenters. The molecule has 0 aromatic rings. The van der Waals surface area contributed by atoms with E-state index in [0.717, 1.165) is 25.7 Å². The summed E-state index contributed by atoms with van der Waals surface area (Å²) in [5.74, 6) is -1.17. The molecule has 6 nitrogen and oxygen atoms in total. The maximum absolute atomic E-state index is 12.0. The normalized spacial score (nSPS) is 22.6. The number of ether oxygens (including phenoxy) is 1. The van der Waals surface area contributed by atoms with Crippen LogP contribution in [0.5, 0.6) is 0 Å². The first kappa shape index (κ1) is 17.8. The van der Waals surface area contributed by atoms with Gasteiger partial charge in [0.05, 0.1) is 5.60 Å². The van der Waals surface area contributed by atoms with E-state index in [1.807, 2.05) is 0 Å². The van der Waals surface area contributed by atoms with E-state index in [9.17, 15) is 9.59 Å². The third kappa shape index (κ3) is 4.88. The first-order valence-electron chi connectivity index (χ1n) is 7.77. The molecule has 1 saturated heterocycles. The van der Waals surface area contributed by atoms with Crippen LogP contribution in [0, 0.1) is 5.92 Å². The molecule has 0 spiro atoms. The Hall–Kier alpha value is -1.30. The Morgan fingerprint density at radius 2 is 1.95 bits per heavy atom. The zero-order chi connectivity index (χ0) is 16.0. The van der Waals surface area contributed by atoms with E-state index in [0.29, 0.717) is 6.61 Å². The molecule has 0 radical (unpaired) electrons. The van der Waals surface area contributed by atoms with Crippen molar-refractivity contribution < 1.29 is 19.4 Å². The predicted molar refractivity (Wildman–Crippen MR) is 80.2 cm³/mol. The number of carbonyl (C=O) groups excluding carboxylic acids is 1. The number of hydrogen-bond donors (Lipinski definition) is 3. The minimum Gasteiger partial charge on any atom is -0.480 e. The van der Waals surface area contributed by atoms with Crippen LogP contribution in [0.3, 0.4) is 0 Å². The van der Waals surface area contributed by atoms with Gasteiger partial charge in [0.25, 0.3) is 0 Å². The van der Waals surface area contributed by atoms with Crippen molar-refractivity contribution in [2.24, 2.45) is 5.92 Å². The highest BCUT2D eigenvalue weighted by molar-refractivity contribution is 5.82. The van der Waals surface area contributed by atoms with Gasteiger partial charge in [-0.05, 0) is 31.6 Å². The summed E-state index contributed by atoms with van der Waals surface area (Å²) in [5.41, 5.74) is -0.166. The molecule has 0 aliphatic carbocycles. The number of rotatable bonds is 6. The van der Waals surface area contributed by atoms with Gasteiger partial charge in [-0.1, -0.05) is 27.7 Å². The predicted octanol–water partition coefficient (Wildman–Crippen LogP) is 2.13. The van der Waals surface area contributed by atoms with Gasteiger partial charge in [0, 0.05) is 12.6 Å². The highest BCUT2D eigenvalue weighted by Gasteiger charge is 2.35. The Kier molecular flexibility index (Phi) is 6.45. The zero-order valence-electron chi connectivity index (χ0n) is 13.4. The smallest absolute Gasteiger partial charge is 0.326 e. The summed E-state index contributed by atoms with van der Waals surface area (Å²) in [4.78, 5) is 23.1. The van der Waals surface area contributed by atoms with Crippen LogP contribution in [0.4, 0.5) is 4.79 Å². The van der Waals surface area contributed by atoms with Gasteiger partial charge >= 0.3 is 12.0 Å². The Bertz CT molecular complexity index is 367. The second-order valence-electron chi connectivity index (χ2n) is 6.11. The molecule has 122 valence electrons. The van der Waals surface area contributed by atoms with Crippen molar-refractivity contribution in [2.45, 2.75) is 71.1 Å². The van der Waals surface area contributed by atoms with E-state index in [2.05, 4.69) is 24.5 Å². The Balaban J connectivity index is 2.56. The van der Waals surface area contributed by atoms with E-state index in [4.69, 9.17) is 9.84 Å². The number of nitrogens with one attached hydrogen (secondary N) is 2. The average molecular weight is 300 g/mol. The fourth-order valence-electron chi connectivity index (χ4n) is 2.78. The van der Waals surface area contributed by atoms with Gasteiger partial charge < -0.3 is 20.5 Å². The van der Waals surface area contributed by atoms with Crippen LogP contribution in [0.15, 0.2) is 0 Å². The number of carboxylic acid groups (broad SMARTS) is 1. The maximum Gasteiger partial charge on any atom is 0.326 e. The zero-order valence-corrected chi connectivity index (χ0v) is 13.4. The molecule has 0 aromatic heterocycles. The SMILES string of the molecule is CCC1(CC)CC(NC(=O)NC(C(=O)O)C(C)C)CCO1. The molecule has 1 heterocycles. The number of urea groups is 1. The van der Waals surface area contributed by atoms with E-state index >= 15 is 0 Å². The van der Waals surface area contributed by atoms with Crippen molar-refractivity contribution in [1.82, 2.24) is 10.6 Å². The van der Waals surface area contributed by atoms with E-state index in [-0.39, 0.29) is 17.6 Å². The Morgan fingerprint density at radius 1 is 1.33 bits per heavy atom. The monoisotopic (exact) mass is 300 g/mol. The van der Waals surface area contributed by atoms with E-state index in [1.165, 1.54) is 0 Å². The summed E-state index contributed by atoms with van der Waals surface area (Å²) in [7, 11) is 0. The van der Waals surface area contributed by atoms with Gasteiger partial charge in [0.1, 0.15) is 6.04 Å². The molecule has 21 heavy (non-hydrogen) atoms. The van der Waals surface area contributed by atoms with Gasteiger partial charge in [0.2, 0.25) is 0 Å². The van der Waals surface area contributed by atoms with Crippen molar-refractivity contribution in [1.29, 1.82) is 0 Å². The van der Waals surface area contributed by atoms with Crippen LogP contribution >= 0.6 is 0 Å². The van der Waals surface area contributed by atoms with Crippen molar-refractivity contribution >= 4 is 12.0 Å². The second kappa shape index (κ2) is 7.64. The van der Waals surface area contributed by atoms with Crippen LogP contribution in [0.2, 0.25) is 0 Å². The summed E-state index contributed by atoms with van der Waals surface area (Å²) in [5, 5.41) is 14.5. The van der Waals surface area contributed by atoms with Gasteiger partial charge in [0.15, 0.2) is 0 Å². The molecular formula is C15H28N2O4. The van der Waals surface area contributed by atoms with Crippen LogP contribution < -0.4 is 10.6 Å². The van der Waals surface area contributed by atoms with Crippen LogP contribution in [-0.2, 0) is 9.53 Å². The minimum atomic E-state index is -1.01. The van der Waals surface area contributed by atoms with Crippen molar-refractivity contribution in [2.75, 3.05) is 6.61 Å². The molecule has 0 saturated carbocycles. The highest BCUT2D eigenvalue weighted by Crippen LogP contribution is 2.31. The molecule has 2 amide bonds. The molecule has 0 bridgehead atoms. The summed E-state index contributed by atoms with van der Waals surface area (Å²) in [6.07, 6.45) is 3.35. The quantitative estimate of drug-likeness (QED) is 0.701. The Morgan fingerprint density at radius 3 is 2.43 bits per heavy atom. The third-order valence-corrected chi connectivity index (χ3v) is 4.34. The molecule has 1 fully saturated rings. The fourth-order valence-corrected chi connectivity index (χ4v) is 2.78. The first-order chi connectivity index (χ1) is 9.83. The second-order valence-corrected chi connectivity index (χ2v) is 6.11. The maximum atomic E-state index is 12.0. The van der Waals surface area contributed by atoms with Crippen LogP contribution in [0.25, 0.3) is 0 Å². The largest absolute Gasteiger partial charge is 0.480 e. The molecule has 0 aromatic carbocycles. The van der Waals surface area contributed by atoms with Gasteiger partial charge in [-0.2, -0.15) is 0 Å². The molecule has 1 aliphatic heterocycles. The summed E-state index contributed by atoms with van der Waals surface area (Å²) in [6.45, 7) is 8.34. The number of aliphatic carboxylic acids is 1. The minimum absolute atomic E-state index is 0.0280. The topological polar surface area (TPSA) is 87.7 Å². The first-order valence-corrected chi connectivity index (χ1v) is 7.77. The lowest BCUT2D eigenvalue weighted by Crippen LogP contribution is -2.54. The van der Waals surface area contributed by atoms with Gasteiger partial charge in [-0.25, -0.2) is 9.59 Å². The van der Waals surface area contributed by atoms with Crippen LogP contribution in [-0.4, -0.2) is 41.4 Å². The van der Waals surface area contributed by atoms with Crippen molar-refractivity contribution in [3.8, 4) is 0 Å². The molecule has 3 N–H and O–H groups in total. The lowest BCUT2D eigenvalue weighted by atomic mass is 9.86. The molecule has 2 unspecified atom stereocenters. The van der Waals surface area contributed by atoms with Crippen molar-refractivity contribution in [3.05, 3.63) is 0 Å². The molecule has 1 aliphatic rings. The number of carboxylic acids is 1.